The third kappa shape index (κ3) is 10.9. The summed E-state index contributed by atoms with van der Waals surface area (Å²) in [6, 6.07) is -10.9. The second kappa shape index (κ2) is 23.5. The van der Waals surface area contributed by atoms with Crippen LogP contribution in [0.15, 0.2) is 127 Å². The van der Waals surface area contributed by atoms with Gasteiger partial charge in [0, 0.05) is 42.1 Å². The number of para-hydroxylation sites is 3. The third-order valence-corrected chi connectivity index (χ3v) is 5.88. The highest BCUT2D eigenvalue weighted by Gasteiger charge is 2.10. The normalized spacial score (nSPS) is 17.9. The van der Waals surface area contributed by atoms with Crippen molar-refractivity contribution < 1.29 is 34.3 Å². The van der Waals surface area contributed by atoms with Gasteiger partial charge in [-0.3, -0.25) is 0 Å². The zero-order valence-corrected chi connectivity index (χ0v) is 28.4. The Labute approximate surface area is 313 Å². The van der Waals surface area contributed by atoms with Crippen LogP contribution >= 0.6 is 11.3 Å². The zero-order chi connectivity index (χ0) is 55.3. The molecule has 2 aromatic heterocycles. The van der Waals surface area contributed by atoms with Crippen molar-refractivity contribution in [1.29, 1.82) is 0 Å². The molecule has 240 valence electrons. The van der Waals surface area contributed by atoms with Crippen molar-refractivity contribution in [2.45, 2.75) is 88.4 Å². The van der Waals surface area contributed by atoms with Gasteiger partial charge in [-0.05, 0) is 36.3 Å². The standard InChI is InChI=1S/C18H13N.C12H8S.C4H10.C3H8.3C2H6/c1-2-8-14(9-3-1)19-17-12-6-4-10-15(17)16-11-5-7-13-18(16)19;1-3-7-11-9(5-1)10-6-2-4-8-12(10)13-11;1-3-4-2;1-3-2;3*1-2/h1-13H;1-8H;3-4H2,1-2H3;3H2,1-2H3;3*1-2H3/i1D,2D,3D,4D,5D,6D,7D,8D,9D,10D,11D,12D,13D;1D,2D,3D,4D,5D,6D,7D,8D;2*3D2;;;. The van der Waals surface area contributed by atoms with Gasteiger partial charge in [0.1, 0.15) is 0 Å². The average Bonchev–Trinajstić information content (AvgIpc) is 3.90. The second-order valence-corrected chi connectivity index (χ2v) is 8.49. The van der Waals surface area contributed by atoms with Gasteiger partial charge in [-0.15, -0.1) is 11.3 Å². The maximum atomic E-state index is 8.41. The summed E-state index contributed by atoms with van der Waals surface area (Å²) in [6.45, 7) is 18.5. The van der Waals surface area contributed by atoms with Crippen molar-refractivity contribution in [2.24, 2.45) is 0 Å². The van der Waals surface area contributed by atoms with Crippen LogP contribution in [0.1, 0.15) is 123 Å². The van der Waals surface area contributed by atoms with Crippen molar-refractivity contribution >= 4 is 53.3 Å². The smallest absolute Gasteiger partial charge is 0.0645 e. The quantitative estimate of drug-likeness (QED) is 0.176. The van der Waals surface area contributed by atoms with E-state index in [1.165, 1.54) is 13.8 Å². The van der Waals surface area contributed by atoms with Crippen molar-refractivity contribution in [2.75, 3.05) is 0 Å². The van der Waals surface area contributed by atoms with Crippen LogP contribution in [0.5, 0.6) is 0 Å². The maximum absolute atomic E-state index is 8.41. The highest BCUT2D eigenvalue weighted by atomic mass is 32.1. The van der Waals surface area contributed by atoms with E-state index < -0.39 is 109 Å². The molecule has 45 heavy (non-hydrogen) atoms. The number of rotatable bonds is 2. The monoisotopic (exact) mass is 645 g/mol. The van der Waals surface area contributed by atoms with Gasteiger partial charge >= 0.3 is 0 Å². The lowest BCUT2D eigenvalue weighted by molar-refractivity contribution is 0.886. The van der Waals surface area contributed by atoms with Crippen LogP contribution in [0.3, 0.4) is 0 Å². The first-order valence-electron chi connectivity index (χ1n) is 27.1. The minimum atomic E-state index is -1.00. The van der Waals surface area contributed by atoms with Crippen molar-refractivity contribution in [3.8, 4) is 5.69 Å². The fourth-order valence-corrected chi connectivity index (χ4v) is 4.13. The summed E-state index contributed by atoms with van der Waals surface area (Å²) in [5.41, 5.74) is -1.10. The van der Waals surface area contributed by atoms with E-state index >= 15 is 0 Å². The summed E-state index contributed by atoms with van der Waals surface area (Å²) >= 11 is 0.967. The number of benzene rings is 5. The summed E-state index contributed by atoms with van der Waals surface area (Å²) in [4.78, 5) is 0. The van der Waals surface area contributed by atoms with Crippen LogP contribution < -0.4 is 0 Å². The Balaban J connectivity index is 0.000000551. The molecule has 2 heteroatoms. The first kappa shape index (κ1) is 15.1. The summed E-state index contributed by atoms with van der Waals surface area (Å²) in [5, 5.41) is -0.143. The molecule has 0 bridgehead atoms. The summed E-state index contributed by atoms with van der Waals surface area (Å²) in [5.74, 6) is 0. The van der Waals surface area contributed by atoms with E-state index in [0.717, 1.165) is 15.9 Å². The molecule has 0 unspecified atom stereocenters. The molecule has 0 N–H and O–H groups in total. The van der Waals surface area contributed by atoms with Gasteiger partial charge in [-0.25, -0.2) is 0 Å². The molecule has 2 heterocycles. The number of aromatic nitrogens is 1. The molecular formula is C43H57NS. The minimum absolute atomic E-state index is 0.160. The molecule has 5 aromatic carbocycles. The summed E-state index contributed by atoms with van der Waals surface area (Å²) in [7, 11) is 0. The van der Waals surface area contributed by atoms with Crippen LogP contribution in [0.25, 0.3) is 47.7 Å². The second-order valence-electron chi connectivity index (χ2n) is 7.47. The molecule has 1 nitrogen and oxygen atoms in total. The molecule has 0 aliphatic rings. The topological polar surface area (TPSA) is 4.93 Å². The van der Waals surface area contributed by atoms with E-state index in [9.17, 15) is 0 Å². The molecular weight excluding hydrogens is 563 g/mol. The van der Waals surface area contributed by atoms with E-state index in [2.05, 4.69) is 0 Å². The maximum Gasteiger partial charge on any atom is 0.0645 e. The lowest BCUT2D eigenvalue weighted by Gasteiger charge is -2.06. The predicted octanol–water partition coefficient (Wildman–Crippen LogP) is 15.1. The van der Waals surface area contributed by atoms with Crippen molar-refractivity contribution in [3.05, 3.63) is 127 Å². The number of hydrogen-bond donors (Lipinski definition) is 0. The molecule has 0 aliphatic heterocycles. The van der Waals surface area contributed by atoms with Gasteiger partial charge in [-0.1, -0.05) is 179 Å². The number of hydrogen-bond acceptors (Lipinski definition) is 1. The first-order chi connectivity index (χ1) is 32.2. The van der Waals surface area contributed by atoms with Crippen LogP contribution in [0, 0.1) is 0 Å². The number of fused-ring (bicyclic) bond motifs is 6. The molecule has 0 atom stereocenters. The molecule has 0 saturated carbocycles. The molecule has 0 fully saturated rings. The largest absolute Gasteiger partial charge is 0.309 e. The van der Waals surface area contributed by atoms with E-state index in [-0.39, 0.29) is 78.2 Å². The molecule has 0 spiro atoms. The number of thiophene rings is 1. The zero-order valence-electron chi connectivity index (χ0n) is 52.6. The SMILES string of the molecule is CC.CC.CC.[2H]C([2H])(C)C.[2H]C([2H])(C)CC.[2H]c1c([2H])c([2H])c(-n2c3c([2H])c([2H])c([2H])c([2H])c3c3c([2H])c([2H])c([2H])c([2H])c32)c([2H])c1[2H].[2H]c1c([2H])c([2H])c2c(sc3c([2H])c([2H])c([2H])c([2H])c32)c1[2H]. The fraction of sp³-hybridized carbons (Fsp3) is 0.302. The molecule has 0 aliphatic carbocycles. The van der Waals surface area contributed by atoms with Gasteiger partial charge in [0.2, 0.25) is 0 Å². The van der Waals surface area contributed by atoms with Crippen molar-refractivity contribution in [3.63, 3.8) is 0 Å². The van der Waals surface area contributed by atoms with Crippen LogP contribution in [0.4, 0.5) is 0 Å². The summed E-state index contributed by atoms with van der Waals surface area (Å²) in [6.07, 6.45) is -1.35. The van der Waals surface area contributed by atoms with Gasteiger partial charge in [-0.2, -0.15) is 0 Å². The van der Waals surface area contributed by atoms with Gasteiger partial charge in [0.05, 0.1) is 39.8 Å². The van der Waals surface area contributed by atoms with Gasteiger partial charge in [0.15, 0.2) is 0 Å². The molecule has 0 radical (unpaired) electrons. The van der Waals surface area contributed by atoms with E-state index in [0.29, 0.717) is 6.42 Å². The first-order valence-corrected chi connectivity index (χ1v) is 15.5. The van der Waals surface area contributed by atoms with Crippen LogP contribution in [-0.2, 0) is 0 Å². The van der Waals surface area contributed by atoms with E-state index in [4.69, 9.17) is 34.3 Å². The lowest BCUT2D eigenvalue weighted by Crippen LogP contribution is -1.92. The molecule has 7 rings (SSSR count). The highest BCUT2D eigenvalue weighted by molar-refractivity contribution is 7.25. The van der Waals surface area contributed by atoms with Crippen LogP contribution in [0.2, 0.25) is 0 Å². The Morgan fingerprint density at radius 2 is 0.800 bits per heavy atom. The van der Waals surface area contributed by atoms with Gasteiger partial charge < -0.3 is 4.57 Å². The highest BCUT2D eigenvalue weighted by Crippen LogP contribution is 2.33. The lowest BCUT2D eigenvalue weighted by atomic mass is 10.2. The molecule has 0 saturated heterocycles. The number of nitrogens with zero attached hydrogens (tertiary/aromatic N) is 1. The fourth-order valence-electron chi connectivity index (χ4n) is 3.21. The molecule has 0 amide bonds. The predicted molar refractivity (Wildman–Crippen MR) is 211 cm³/mol. The van der Waals surface area contributed by atoms with Gasteiger partial charge in [0.25, 0.3) is 0 Å². The Kier molecular flexibility index (Phi) is 7.90. The third-order valence-electron chi connectivity index (χ3n) is 4.86. The Bertz CT molecular complexity index is 2850. The van der Waals surface area contributed by atoms with E-state index in [1.54, 1.807) is 6.92 Å². The molecule has 7 aromatic rings. The Hall–Kier alpha value is -3.88. The van der Waals surface area contributed by atoms with Crippen LogP contribution in [-0.4, -0.2) is 4.57 Å². The average molecular weight is 645 g/mol. The van der Waals surface area contributed by atoms with Crippen molar-refractivity contribution in [1.82, 2.24) is 4.57 Å². The Morgan fingerprint density at radius 3 is 1.18 bits per heavy atom. The minimum Gasteiger partial charge on any atom is -0.309 e. The van der Waals surface area contributed by atoms with E-state index in [1.807, 2.05) is 48.5 Å². The summed E-state index contributed by atoms with van der Waals surface area (Å²) < 4.78 is 197. The Morgan fingerprint density at radius 1 is 0.489 bits per heavy atom.